The van der Waals surface area contributed by atoms with Crippen LogP contribution in [0.15, 0.2) is 24.8 Å². The van der Waals surface area contributed by atoms with Gasteiger partial charge in [-0.05, 0) is 44.1 Å². The highest BCUT2D eigenvalue weighted by Gasteiger charge is 2.31. The highest BCUT2D eigenvalue weighted by Crippen LogP contribution is 2.33. The van der Waals surface area contributed by atoms with Gasteiger partial charge in [0.1, 0.15) is 12.4 Å². The van der Waals surface area contributed by atoms with Crippen LogP contribution in [-0.2, 0) is 6.18 Å². The maximum absolute atomic E-state index is 12.8. The summed E-state index contributed by atoms with van der Waals surface area (Å²) in [7, 11) is 0. The maximum atomic E-state index is 12.8. The first-order valence-electron chi connectivity index (χ1n) is 6.88. The van der Waals surface area contributed by atoms with E-state index in [2.05, 4.69) is 11.5 Å². The summed E-state index contributed by atoms with van der Waals surface area (Å²) >= 11 is 0. The van der Waals surface area contributed by atoms with Crippen LogP contribution in [0.3, 0.4) is 0 Å². The SMILES string of the molecule is C=C(N)c1cc(OCCN2CCCC2)cc(C(F)(F)F)c1. The van der Waals surface area contributed by atoms with E-state index in [1.165, 1.54) is 18.9 Å². The zero-order valence-corrected chi connectivity index (χ0v) is 11.7. The van der Waals surface area contributed by atoms with E-state index in [0.29, 0.717) is 6.61 Å². The van der Waals surface area contributed by atoms with E-state index in [-0.39, 0.29) is 17.0 Å². The standard InChI is InChI=1S/C15H19F3N2O/c1-11(19)12-8-13(15(16,17)18)10-14(9-12)21-7-6-20-4-2-3-5-20/h8-10H,1-7,19H2. The Morgan fingerprint density at radius 1 is 1.24 bits per heavy atom. The number of likely N-dealkylation sites (tertiary alicyclic amines) is 1. The molecule has 0 aromatic heterocycles. The lowest BCUT2D eigenvalue weighted by molar-refractivity contribution is -0.137. The van der Waals surface area contributed by atoms with Crippen LogP contribution >= 0.6 is 0 Å². The number of hydrogen-bond donors (Lipinski definition) is 1. The van der Waals surface area contributed by atoms with Crippen molar-refractivity contribution >= 4 is 5.70 Å². The second-order valence-electron chi connectivity index (χ2n) is 5.17. The van der Waals surface area contributed by atoms with Crippen molar-refractivity contribution in [2.45, 2.75) is 19.0 Å². The summed E-state index contributed by atoms with van der Waals surface area (Å²) in [6.07, 6.45) is -2.10. The van der Waals surface area contributed by atoms with Crippen LogP contribution in [-0.4, -0.2) is 31.1 Å². The molecular weight excluding hydrogens is 281 g/mol. The van der Waals surface area contributed by atoms with Gasteiger partial charge in [-0.2, -0.15) is 13.2 Å². The van der Waals surface area contributed by atoms with Gasteiger partial charge in [0.05, 0.1) is 5.56 Å². The molecule has 0 bridgehead atoms. The summed E-state index contributed by atoms with van der Waals surface area (Å²) in [5.74, 6) is 0.172. The predicted octanol–water partition coefficient (Wildman–Crippen LogP) is 3.11. The number of benzene rings is 1. The van der Waals surface area contributed by atoms with Gasteiger partial charge in [-0.1, -0.05) is 6.58 Å². The number of rotatable bonds is 5. The van der Waals surface area contributed by atoms with Crippen LogP contribution in [0.25, 0.3) is 5.70 Å². The second kappa shape index (κ2) is 6.39. The Morgan fingerprint density at radius 2 is 1.90 bits per heavy atom. The molecule has 116 valence electrons. The van der Waals surface area contributed by atoms with E-state index in [1.807, 2.05) is 0 Å². The van der Waals surface area contributed by atoms with Crippen molar-refractivity contribution in [3.63, 3.8) is 0 Å². The Bertz CT molecular complexity index is 508. The van der Waals surface area contributed by atoms with Crippen LogP contribution in [0.1, 0.15) is 24.0 Å². The second-order valence-corrected chi connectivity index (χ2v) is 5.17. The summed E-state index contributed by atoms with van der Waals surface area (Å²) < 4.78 is 44.0. The molecule has 1 heterocycles. The highest BCUT2D eigenvalue weighted by atomic mass is 19.4. The first-order chi connectivity index (χ1) is 9.86. The minimum absolute atomic E-state index is 0.0884. The molecule has 1 fully saturated rings. The fourth-order valence-electron chi connectivity index (χ4n) is 2.33. The number of ether oxygens (including phenoxy) is 1. The summed E-state index contributed by atoms with van der Waals surface area (Å²) in [5, 5.41) is 0. The van der Waals surface area contributed by atoms with Crippen molar-refractivity contribution in [1.29, 1.82) is 0 Å². The third-order valence-electron chi connectivity index (χ3n) is 3.48. The molecule has 2 rings (SSSR count). The molecule has 2 N–H and O–H groups in total. The van der Waals surface area contributed by atoms with Crippen LogP contribution in [0.2, 0.25) is 0 Å². The molecule has 1 aromatic rings. The Kier molecular flexibility index (Phi) is 4.77. The average Bonchev–Trinajstić information content (AvgIpc) is 2.90. The lowest BCUT2D eigenvalue weighted by Crippen LogP contribution is -2.25. The minimum Gasteiger partial charge on any atom is -0.492 e. The summed E-state index contributed by atoms with van der Waals surface area (Å²) in [6.45, 7) is 6.61. The number of alkyl halides is 3. The van der Waals surface area contributed by atoms with E-state index in [1.54, 1.807) is 0 Å². The van der Waals surface area contributed by atoms with Gasteiger partial charge < -0.3 is 10.5 Å². The molecule has 0 amide bonds. The minimum atomic E-state index is -4.43. The van der Waals surface area contributed by atoms with Crippen LogP contribution in [0, 0.1) is 0 Å². The van der Waals surface area contributed by atoms with Crippen molar-refractivity contribution < 1.29 is 17.9 Å². The lowest BCUT2D eigenvalue weighted by Gasteiger charge is -2.16. The highest BCUT2D eigenvalue weighted by molar-refractivity contribution is 5.62. The molecule has 0 saturated carbocycles. The Morgan fingerprint density at radius 3 is 2.48 bits per heavy atom. The molecule has 1 aliphatic rings. The van der Waals surface area contributed by atoms with Gasteiger partial charge in [0.15, 0.2) is 0 Å². The van der Waals surface area contributed by atoms with E-state index in [9.17, 15) is 13.2 Å². The third kappa shape index (κ3) is 4.39. The van der Waals surface area contributed by atoms with Gasteiger partial charge >= 0.3 is 6.18 Å². The van der Waals surface area contributed by atoms with Crippen molar-refractivity contribution in [3.05, 3.63) is 35.9 Å². The zero-order chi connectivity index (χ0) is 15.5. The van der Waals surface area contributed by atoms with E-state index in [4.69, 9.17) is 10.5 Å². The number of nitrogens with zero attached hydrogens (tertiary/aromatic N) is 1. The summed E-state index contributed by atoms with van der Waals surface area (Å²) in [5.41, 5.74) is 5.05. The molecular formula is C15H19F3N2O. The van der Waals surface area contributed by atoms with Gasteiger partial charge in [0, 0.05) is 17.8 Å². The Hall–Kier alpha value is -1.69. The maximum Gasteiger partial charge on any atom is 0.416 e. The molecule has 0 spiro atoms. The smallest absolute Gasteiger partial charge is 0.416 e. The monoisotopic (exact) mass is 300 g/mol. The fourth-order valence-corrected chi connectivity index (χ4v) is 2.33. The summed E-state index contributed by atoms with van der Waals surface area (Å²) in [6, 6.07) is 3.47. The molecule has 1 aliphatic heterocycles. The van der Waals surface area contributed by atoms with E-state index >= 15 is 0 Å². The van der Waals surface area contributed by atoms with Crippen LogP contribution in [0.4, 0.5) is 13.2 Å². The largest absolute Gasteiger partial charge is 0.492 e. The normalized spacial score (nSPS) is 16.1. The van der Waals surface area contributed by atoms with Gasteiger partial charge in [-0.3, -0.25) is 4.90 Å². The zero-order valence-electron chi connectivity index (χ0n) is 11.7. The lowest BCUT2D eigenvalue weighted by atomic mass is 10.1. The first-order valence-corrected chi connectivity index (χ1v) is 6.88. The van der Waals surface area contributed by atoms with Crippen LogP contribution in [0.5, 0.6) is 5.75 Å². The third-order valence-corrected chi connectivity index (χ3v) is 3.48. The molecule has 6 heteroatoms. The Labute approximate surface area is 122 Å². The van der Waals surface area contributed by atoms with Gasteiger partial charge in [0.2, 0.25) is 0 Å². The van der Waals surface area contributed by atoms with Gasteiger partial charge in [-0.15, -0.1) is 0 Å². The molecule has 21 heavy (non-hydrogen) atoms. The van der Waals surface area contributed by atoms with Crippen molar-refractivity contribution in [2.24, 2.45) is 5.73 Å². The van der Waals surface area contributed by atoms with Crippen molar-refractivity contribution in [3.8, 4) is 5.75 Å². The first kappa shape index (κ1) is 15.7. The topological polar surface area (TPSA) is 38.5 Å². The predicted molar refractivity (Wildman–Crippen MR) is 75.8 cm³/mol. The molecule has 0 atom stereocenters. The van der Waals surface area contributed by atoms with Crippen molar-refractivity contribution in [1.82, 2.24) is 4.90 Å². The number of halogens is 3. The number of nitrogens with two attached hydrogens (primary N) is 1. The molecule has 1 saturated heterocycles. The van der Waals surface area contributed by atoms with Gasteiger partial charge in [0.25, 0.3) is 0 Å². The molecule has 1 aromatic carbocycles. The molecule has 3 nitrogen and oxygen atoms in total. The number of hydrogen-bond acceptors (Lipinski definition) is 3. The average molecular weight is 300 g/mol. The van der Waals surface area contributed by atoms with Crippen molar-refractivity contribution in [2.75, 3.05) is 26.2 Å². The van der Waals surface area contributed by atoms with E-state index in [0.717, 1.165) is 31.8 Å². The quantitative estimate of drug-likeness (QED) is 0.908. The van der Waals surface area contributed by atoms with E-state index < -0.39 is 11.7 Å². The molecule has 0 aliphatic carbocycles. The molecule has 0 radical (unpaired) electrons. The van der Waals surface area contributed by atoms with Crippen LogP contribution < -0.4 is 10.5 Å². The van der Waals surface area contributed by atoms with Gasteiger partial charge in [-0.25, -0.2) is 0 Å². The summed E-state index contributed by atoms with van der Waals surface area (Å²) in [4.78, 5) is 2.23. The fraction of sp³-hybridized carbons (Fsp3) is 0.467. The Balaban J connectivity index is 2.06. The molecule has 0 unspecified atom stereocenters.